The standard InChI is InChI=1S/C14H29N3O2.HI/c1-4-5-7-16-14(15-2)17-8-6-13(11-17)12-19-10-9-18-3;/h13H,4-12H2,1-3H3,(H,15,16);1H. The summed E-state index contributed by atoms with van der Waals surface area (Å²) in [6.07, 6.45) is 3.58. The molecule has 0 aromatic carbocycles. The third-order valence-electron chi connectivity index (χ3n) is 3.40. The molecule has 1 atom stereocenters. The highest BCUT2D eigenvalue weighted by atomic mass is 127. The lowest BCUT2D eigenvalue weighted by molar-refractivity contribution is 0.0536. The summed E-state index contributed by atoms with van der Waals surface area (Å²) in [6, 6.07) is 0. The van der Waals surface area contributed by atoms with Crippen LogP contribution in [0, 0.1) is 5.92 Å². The molecule has 1 aliphatic heterocycles. The van der Waals surface area contributed by atoms with Crippen molar-refractivity contribution < 1.29 is 9.47 Å². The van der Waals surface area contributed by atoms with E-state index < -0.39 is 0 Å². The van der Waals surface area contributed by atoms with Crippen LogP contribution in [0.5, 0.6) is 0 Å². The average molecular weight is 399 g/mol. The van der Waals surface area contributed by atoms with Crippen LogP contribution in [0.2, 0.25) is 0 Å². The van der Waals surface area contributed by atoms with Gasteiger partial charge in [0.15, 0.2) is 5.96 Å². The van der Waals surface area contributed by atoms with Crippen LogP contribution in [-0.2, 0) is 9.47 Å². The monoisotopic (exact) mass is 399 g/mol. The molecule has 0 spiro atoms. The maximum Gasteiger partial charge on any atom is 0.193 e. The number of methoxy groups -OCH3 is 1. The first-order chi connectivity index (χ1) is 9.31. The van der Waals surface area contributed by atoms with Crippen LogP contribution in [0.3, 0.4) is 0 Å². The smallest absolute Gasteiger partial charge is 0.193 e. The van der Waals surface area contributed by atoms with Gasteiger partial charge in [-0.05, 0) is 12.8 Å². The van der Waals surface area contributed by atoms with Crippen molar-refractivity contribution in [2.75, 3.05) is 53.6 Å². The highest BCUT2D eigenvalue weighted by Gasteiger charge is 2.24. The minimum absolute atomic E-state index is 0. The van der Waals surface area contributed by atoms with Crippen molar-refractivity contribution in [1.29, 1.82) is 0 Å². The lowest BCUT2D eigenvalue weighted by Gasteiger charge is -2.21. The summed E-state index contributed by atoms with van der Waals surface area (Å²) in [4.78, 5) is 6.69. The predicted molar refractivity (Wildman–Crippen MR) is 94.1 cm³/mol. The normalized spacial score (nSPS) is 19.1. The maximum absolute atomic E-state index is 5.61. The van der Waals surface area contributed by atoms with Crippen molar-refractivity contribution in [1.82, 2.24) is 10.2 Å². The predicted octanol–water partition coefficient (Wildman–Crippen LogP) is 1.96. The second kappa shape index (κ2) is 12.6. The van der Waals surface area contributed by atoms with E-state index in [0.29, 0.717) is 19.1 Å². The van der Waals surface area contributed by atoms with Crippen molar-refractivity contribution in [3.05, 3.63) is 0 Å². The van der Waals surface area contributed by atoms with Gasteiger partial charge in [0.25, 0.3) is 0 Å². The van der Waals surface area contributed by atoms with Gasteiger partial charge in [0, 0.05) is 39.7 Å². The lowest BCUT2D eigenvalue weighted by Crippen LogP contribution is -2.40. The van der Waals surface area contributed by atoms with E-state index in [2.05, 4.69) is 22.1 Å². The Labute approximate surface area is 140 Å². The van der Waals surface area contributed by atoms with Gasteiger partial charge in [0.05, 0.1) is 19.8 Å². The second-order valence-corrected chi connectivity index (χ2v) is 5.00. The number of hydrogen-bond donors (Lipinski definition) is 1. The quantitative estimate of drug-likeness (QED) is 0.294. The Morgan fingerprint density at radius 3 is 2.85 bits per heavy atom. The Balaban J connectivity index is 0.00000361. The van der Waals surface area contributed by atoms with E-state index >= 15 is 0 Å². The van der Waals surface area contributed by atoms with E-state index in [1.54, 1.807) is 7.11 Å². The van der Waals surface area contributed by atoms with Crippen molar-refractivity contribution in [2.45, 2.75) is 26.2 Å². The van der Waals surface area contributed by atoms with Gasteiger partial charge in [-0.25, -0.2) is 0 Å². The lowest BCUT2D eigenvalue weighted by atomic mass is 10.1. The van der Waals surface area contributed by atoms with Crippen LogP contribution in [-0.4, -0.2) is 64.5 Å². The van der Waals surface area contributed by atoms with E-state index in [4.69, 9.17) is 9.47 Å². The molecule has 1 unspecified atom stereocenters. The third kappa shape index (κ3) is 7.64. The Kier molecular flexibility index (Phi) is 12.6. The van der Waals surface area contributed by atoms with Gasteiger partial charge in [-0.3, -0.25) is 4.99 Å². The van der Waals surface area contributed by atoms with E-state index in [9.17, 15) is 0 Å². The van der Waals surface area contributed by atoms with E-state index in [1.165, 1.54) is 19.3 Å². The molecule has 120 valence electrons. The summed E-state index contributed by atoms with van der Waals surface area (Å²) in [6.45, 7) is 7.52. The molecule has 0 aliphatic carbocycles. The first-order valence-corrected chi connectivity index (χ1v) is 7.34. The van der Waals surface area contributed by atoms with Crippen molar-refractivity contribution >= 4 is 29.9 Å². The number of aliphatic imine (C=N–C) groups is 1. The molecule has 1 saturated heterocycles. The minimum Gasteiger partial charge on any atom is -0.382 e. The van der Waals surface area contributed by atoms with Gasteiger partial charge < -0.3 is 19.7 Å². The van der Waals surface area contributed by atoms with Crippen LogP contribution in [0.4, 0.5) is 0 Å². The molecular formula is C14H30IN3O2. The van der Waals surface area contributed by atoms with Gasteiger partial charge >= 0.3 is 0 Å². The first-order valence-electron chi connectivity index (χ1n) is 7.34. The molecule has 20 heavy (non-hydrogen) atoms. The Bertz CT molecular complexity index is 265. The van der Waals surface area contributed by atoms with Gasteiger partial charge in [0.1, 0.15) is 0 Å². The van der Waals surface area contributed by atoms with Crippen LogP contribution in [0.15, 0.2) is 4.99 Å². The Hall–Kier alpha value is -0.0800. The zero-order valence-corrected chi connectivity index (χ0v) is 15.4. The fraction of sp³-hybridized carbons (Fsp3) is 0.929. The minimum atomic E-state index is 0. The van der Waals surface area contributed by atoms with Gasteiger partial charge in [-0.1, -0.05) is 13.3 Å². The number of rotatable bonds is 8. The average Bonchev–Trinajstić information content (AvgIpc) is 2.88. The molecule has 0 bridgehead atoms. The summed E-state index contributed by atoms with van der Waals surface area (Å²) in [5.74, 6) is 1.65. The number of unbranched alkanes of at least 4 members (excludes halogenated alkanes) is 1. The molecule has 1 rings (SSSR count). The van der Waals surface area contributed by atoms with Gasteiger partial charge in [-0.15, -0.1) is 24.0 Å². The van der Waals surface area contributed by atoms with Crippen LogP contribution < -0.4 is 5.32 Å². The molecule has 1 N–H and O–H groups in total. The molecule has 0 amide bonds. The number of nitrogens with zero attached hydrogens (tertiary/aromatic N) is 2. The van der Waals surface area contributed by atoms with E-state index in [0.717, 1.165) is 32.2 Å². The molecule has 0 radical (unpaired) electrons. The summed E-state index contributed by atoms with van der Waals surface area (Å²) in [5, 5.41) is 3.42. The number of ether oxygens (including phenoxy) is 2. The van der Waals surface area contributed by atoms with Crippen molar-refractivity contribution in [3.8, 4) is 0 Å². The Morgan fingerprint density at radius 2 is 2.20 bits per heavy atom. The highest BCUT2D eigenvalue weighted by molar-refractivity contribution is 14.0. The van der Waals surface area contributed by atoms with E-state index in [1.807, 2.05) is 7.05 Å². The molecule has 1 aliphatic rings. The molecule has 5 nitrogen and oxygen atoms in total. The van der Waals surface area contributed by atoms with Gasteiger partial charge in [-0.2, -0.15) is 0 Å². The summed E-state index contributed by atoms with van der Waals surface area (Å²) < 4.78 is 10.6. The third-order valence-corrected chi connectivity index (χ3v) is 3.40. The zero-order valence-electron chi connectivity index (χ0n) is 13.1. The molecule has 6 heteroatoms. The highest BCUT2D eigenvalue weighted by Crippen LogP contribution is 2.16. The Morgan fingerprint density at radius 1 is 1.40 bits per heavy atom. The van der Waals surface area contributed by atoms with Crippen molar-refractivity contribution in [3.63, 3.8) is 0 Å². The van der Waals surface area contributed by atoms with Gasteiger partial charge in [0.2, 0.25) is 0 Å². The van der Waals surface area contributed by atoms with Crippen LogP contribution >= 0.6 is 24.0 Å². The second-order valence-electron chi connectivity index (χ2n) is 5.00. The maximum atomic E-state index is 5.61. The number of nitrogens with one attached hydrogen (secondary N) is 1. The number of guanidine groups is 1. The molecule has 1 fully saturated rings. The molecule has 0 saturated carbocycles. The topological polar surface area (TPSA) is 46.1 Å². The first kappa shape index (κ1) is 19.9. The van der Waals surface area contributed by atoms with E-state index in [-0.39, 0.29) is 24.0 Å². The number of halogens is 1. The SMILES string of the molecule is CCCCNC(=NC)N1CCC(COCCOC)C1.I. The van der Waals surface area contributed by atoms with Crippen molar-refractivity contribution in [2.24, 2.45) is 10.9 Å². The molecular weight excluding hydrogens is 369 g/mol. The summed E-state index contributed by atoms with van der Waals surface area (Å²) >= 11 is 0. The largest absolute Gasteiger partial charge is 0.382 e. The fourth-order valence-corrected chi connectivity index (χ4v) is 2.26. The fourth-order valence-electron chi connectivity index (χ4n) is 2.26. The summed E-state index contributed by atoms with van der Waals surface area (Å²) in [7, 11) is 3.56. The number of hydrogen-bond acceptors (Lipinski definition) is 3. The van der Waals surface area contributed by atoms with Crippen LogP contribution in [0.25, 0.3) is 0 Å². The number of likely N-dealkylation sites (tertiary alicyclic amines) is 1. The summed E-state index contributed by atoms with van der Waals surface area (Å²) in [5.41, 5.74) is 0. The molecule has 0 aromatic rings. The van der Waals surface area contributed by atoms with Crippen LogP contribution in [0.1, 0.15) is 26.2 Å². The zero-order chi connectivity index (χ0) is 13.9. The molecule has 1 heterocycles. The molecule has 0 aromatic heterocycles.